The minimum atomic E-state index is -3.44. The number of nitrogens with one attached hydrogen (secondary N) is 2. The average molecular weight is 528 g/mol. The van der Waals surface area contributed by atoms with E-state index >= 15 is 0 Å². The number of rotatable bonds is 11. The van der Waals surface area contributed by atoms with Crippen LogP contribution >= 0.6 is 0 Å². The SMILES string of the molecule is COc1ccc(CNc2nccc3cc(NCC45CC(COS(C)(=O)=O)(CCO4)C5)ccc23)c(OC)c1. The van der Waals surface area contributed by atoms with Crippen LogP contribution in [-0.4, -0.2) is 59.2 Å². The first-order valence-electron chi connectivity index (χ1n) is 12.3. The summed E-state index contributed by atoms with van der Waals surface area (Å²) >= 11 is 0. The molecule has 3 fully saturated rings. The largest absolute Gasteiger partial charge is 0.497 e. The first kappa shape index (κ1) is 25.6. The third-order valence-electron chi connectivity index (χ3n) is 7.33. The number of hydrogen-bond acceptors (Lipinski definition) is 9. The Morgan fingerprint density at radius 2 is 1.89 bits per heavy atom. The van der Waals surface area contributed by atoms with Gasteiger partial charge in [-0.2, -0.15) is 8.42 Å². The lowest BCUT2D eigenvalue weighted by Crippen LogP contribution is -2.63. The molecule has 0 unspecified atom stereocenters. The highest BCUT2D eigenvalue weighted by Crippen LogP contribution is 2.56. The highest BCUT2D eigenvalue weighted by atomic mass is 32.2. The fourth-order valence-corrected chi connectivity index (χ4v) is 5.99. The van der Waals surface area contributed by atoms with Gasteiger partial charge in [-0.15, -0.1) is 0 Å². The summed E-state index contributed by atoms with van der Waals surface area (Å²) in [6, 6.07) is 14.0. The molecule has 2 aliphatic heterocycles. The van der Waals surface area contributed by atoms with E-state index in [1.54, 1.807) is 20.4 Å². The van der Waals surface area contributed by atoms with Crippen LogP contribution in [0, 0.1) is 5.41 Å². The molecule has 3 heterocycles. The van der Waals surface area contributed by atoms with Crippen molar-refractivity contribution >= 4 is 32.4 Å². The number of fused-ring (bicyclic) bond motifs is 3. The maximum absolute atomic E-state index is 11.4. The van der Waals surface area contributed by atoms with Crippen LogP contribution in [0.25, 0.3) is 10.8 Å². The molecular formula is C27H33N3O6S. The molecule has 1 aliphatic carbocycles. The van der Waals surface area contributed by atoms with Gasteiger partial charge in [0.05, 0.1) is 32.7 Å². The van der Waals surface area contributed by atoms with Crippen molar-refractivity contribution in [1.29, 1.82) is 0 Å². The van der Waals surface area contributed by atoms with Crippen LogP contribution < -0.4 is 20.1 Å². The molecule has 2 N–H and O–H groups in total. The summed E-state index contributed by atoms with van der Waals surface area (Å²) in [6.45, 7) is 2.07. The molecule has 1 saturated carbocycles. The Labute approximate surface area is 217 Å². The minimum absolute atomic E-state index is 0.106. The molecule has 3 aliphatic rings. The van der Waals surface area contributed by atoms with Gasteiger partial charge in [0.25, 0.3) is 10.1 Å². The summed E-state index contributed by atoms with van der Waals surface area (Å²) in [5, 5.41) is 9.04. The van der Waals surface area contributed by atoms with E-state index in [2.05, 4.69) is 27.8 Å². The maximum Gasteiger partial charge on any atom is 0.264 e. The molecule has 9 nitrogen and oxygen atoms in total. The number of nitrogens with zero attached hydrogens (tertiary/aromatic N) is 1. The number of hydrogen-bond donors (Lipinski definition) is 2. The van der Waals surface area contributed by atoms with Gasteiger partial charge in [-0.25, -0.2) is 4.98 Å². The lowest BCUT2D eigenvalue weighted by Gasteiger charge is -2.59. The molecule has 0 radical (unpaired) electrons. The van der Waals surface area contributed by atoms with E-state index < -0.39 is 10.1 Å². The number of ether oxygens (including phenoxy) is 3. The van der Waals surface area contributed by atoms with Crippen LogP contribution in [0.1, 0.15) is 24.8 Å². The second kappa shape index (κ2) is 10.00. The van der Waals surface area contributed by atoms with Gasteiger partial charge in [-0.1, -0.05) is 0 Å². The van der Waals surface area contributed by atoms with Gasteiger partial charge in [-0.3, -0.25) is 4.18 Å². The molecule has 0 spiro atoms. The van der Waals surface area contributed by atoms with E-state index in [-0.39, 0.29) is 17.6 Å². The lowest BCUT2D eigenvalue weighted by atomic mass is 9.56. The summed E-state index contributed by atoms with van der Waals surface area (Å²) in [5.74, 6) is 2.30. The Morgan fingerprint density at radius 3 is 2.65 bits per heavy atom. The molecule has 3 aromatic rings. The topological polar surface area (TPSA) is 108 Å². The quantitative estimate of drug-likeness (QED) is 0.355. The van der Waals surface area contributed by atoms with Crippen molar-refractivity contribution in [2.75, 3.05) is 50.9 Å². The Kier molecular flexibility index (Phi) is 6.91. The normalized spacial score (nSPS) is 22.8. The Morgan fingerprint density at radius 1 is 1.05 bits per heavy atom. The van der Waals surface area contributed by atoms with Crippen molar-refractivity contribution < 1.29 is 26.8 Å². The second-order valence-electron chi connectivity index (χ2n) is 10.1. The number of pyridine rings is 1. The highest BCUT2D eigenvalue weighted by Gasteiger charge is 2.58. The molecule has 198 valence electrons. The third-order valence-corrected chi connectivity index (χ3v) is 7.88. The van der Waals surface area contributed by atoms with Crippen molar-refractivity contribution in [3.63, 3.8) is 0 Å². The molecule has 1 aromatic heterocycles. The standard InChI is InChI=1S/C27H33N3O6S/c1-33-22-6-4-20(24(13-22)34-2)14-29-25-23-7-5-21(12-19(23)8-10-28-25)30-17-27-15-26(16-27,9-11-35-27)18-36-37(3,31)32/h4-8,10,12-13,30H,9,11,14-18H2,1-3H3,(H,28,29). The van der Waals surface area contributed by atoms with Crippen molar-refractivity contribution in [2.45, 2.75) is 31.4 Å². The third kappa shape index (κ3) is 5.61. The van der Waals surface area contributed by atoms with Crippen LogP contribution in [0.2, 0.25) is 0 Å². The summed E-state index contributed by atoms with van der Waals surface area (Å²) in [4.78, 5) is 4.55. The van der Waals surface area contributed by atoms with E-state index in [1.165, 1.54) is 0 Å². The number of benzene rings is 2. The van der Waals surface area contributed by atoms with Gasteiger partial charge in [0.2, 0.25) is 0 Å². The lowest BCUT2D eigenvalue weighted by molar-refractivity contribution is -0.225. The Hall–Kier alpha value is -3.08. The smallest absolute Gasteiger partial charge is 0.264 e. The van der Waals surface area contributed by atoms with Crippen LogP contribution in [0.3, 0.4) is 0 Å². The van der Waals surface area contributed by atoms with Gasteiger partial charge in [0.15, 0.2) is 0 Å². The zero-order chi connectivity index (χ0) is 26.1. The van der Waals surface area contributed by atoms with Gasteiger partial charge in [0, 0.05) is 54.0 Å². The first-order chi connectivity index (χ1) is 17.7. The van der Waals surface area contributed by atoms with Gasteiger partial charge < -0.3 is 24.8 Å². The van der Waals surface area contributed by atoms with E-state index in [1.807, 2.05) is 30.3 Å². The summed E-state index contributed by atoms with van der Waals surface area (Å²) in [5.41, 5.74) is 1.61. The molecule has 6 rings (SSSR count). The molecule has 2 bridgehead atoms. The van der Waals surface area contributed by atoms with Crippen LogP contribution in [0.4, 0.5) is 11.5 Å². The number of aromatic nitrogens is 1. The Bertz CT molecular complexity index is 1390. The molecule has 0 amide bonds. The molecular weight excluding hydrogens is 494 g/mol. The highest BCUT2D eigenvalue weighted by molar-refractivity contribution is 7.85. The monoisotopic (exact) mass is 527 g/mol. The van der Waals surface area contributed by atoms with Crippen molar-refractivity contribution in [3.8, 4) is 11.5 Å². The summed E-state index contributed by atoms with van der Waals surface area (Å²) in [6.07, 6.45) is 5.31. The molecule has 10 heteroatoms. The van der Waals surface area contributed by atoms with E-state index in [0.29, 0.717) is 19.7 Å². The zero-order valence-electron chi connectivity index (χ0n) is 21.4. The zero-order valence-corrected chi connectivity index (χ0v) is 22.2. The number of anilines is 2. The summed E-state index contributed by atoms with van der Waals surface area (Å²) in [7, 11) is -0.161. The average Bonchev–Trinajstić information content (AvgIpc) is 2.88. The predicted octanol–water partition coefficient (Wildman–Crippen LogP) is 4.19. The Balaban J connectivity index is 1.23. The van der Waals surface area contributed by atoms with Crippen molar-refractivity contribution in [3.05, 3.63) is 54.2 Å². The molecule has 0 atom stereocenters. The fourth-order valence-electron chi connectivity index (χ4n) is 5.53. The van der Waals surface area contributed by atoms with Crippen molar-refractivity contribution in [2.24, 2.45) is 5.41 Å². The molecule has 2 saturated heterocycles. The van der Waals surface area contributed by atoms with Crippen LogP contribution in [0.5, 0.6) is 11.5 Å². The van der Waals surface area contributed by atoms with E-state index in [0.717, 1.165) is 64.9 Å². The second-order valence-corrected chi connectivity index (χ2v) is 11.7. The minimum Gasteiger partial charge on any atom is -0.497 e. The van der Waals surface area contributed by atoms with E-state index in [4.69, 9.17) is 18.4 Å². The van der Waals surface area contributed by atoms with Gasteiger partial charge in [-0.05, 0) is 61.0 Å². The van der Waals surface area contributed by atoms with Gasteiger partial charge in [0.1, 0.15) is 17.3 Å². The number of methoxy groups -OCH3 is 2. The molecule has 2 aromatic carbocycles. The first-order valence-corrected chi connectivity index (χ1v) is 14.1. The van der Waals surface area contributed by atoms with E-state index in [9.17, 15) is 8.42 Å². The predicted molar refractivity (Wildman–Crippen MR) is 143 cm³/mol. The van der Waals surface area contributed by atoms with Crippen LogP contribution in [-0.2, 0) is 25.6 Å². The maximum atomic E-state index is 11.4. The van der Waals surface area contributed by atoms with Crippen LogP contribution in [0.15, 0.2) is 48.7 Å². The molecule has 37 heavy (non-hydrogen) atoms. The fraction of sp³-hybridized carbons (Fsp3) is 0.444. The summed E-state index contributed by atoms with van der Waals surface area (Å²) < 4.78 is 44.9. The van der Waals surface area contributed by atoms with Crippen molar-refractivity contribution in [1.82, 2.24) is 4.98 Å². The van der Waals surface area contributed by atoms with Gasteiger partial charge >= 0.3 is 0 Å².